The van der Waals surface area contributed by atoms with Gasteiger partial charge in [0, 0.05) is 23.4 Å². The number of hydrogen-bond donors (Lipinski definition) is 1. The Morgan fingerprint density at radius 1 is 1.00 bits per heavy atom. The second-order valence-corrected chi connectivity index (χ2v) is 7.05. The van der Waals surface area contributed by atoms with E-state index >= 15 is 0 Å². The van der Waals surface area contributed by atoms with Crippen LogP contribution in [0.15, 0.2) is 24.3 Å². The molecule has 0 aliphatic rings. The summed E-state index contributed by atoms with van der Waals surface area (Å²) in [7, 11) is 0. The highest BCUT2D eigenvalue weighted by molar-refractivity contribution is 5.97. The van der Waals surface area contributed by atoms with Crippen LogP contribution >= 0.6 is 0 Å². The second kappa shape index (κ2) is 10.0. The Hall–Kier alpha value is -2.43. The van der Waals surface area contributed by atoms with Gasteiger partial charge in [0.2, 0.25) is 5.91 Å². The van der Waals surface area contributed by atoms with Crippen LogP contribution in [0.2, 0.25) is 0 Å². The highest BCUT2D eigenvalue weighted by atomic mass is 16.2. The quantitative estimate of drug-likeness (QED) is 0.629. The van der Waals surface area contributed by atoms with Crippen LogP contribution in [-0.4, -0.2) is 21.6 Å². The van der Waals surface area contributed by atoms with E-state index in [1.165, 1.54) is 29.5 Å². The Balaban J connectivity index is 2.10. The van der Waals surface area contributed by atoms with Crippen LogP contribution < -0.4 is 5.32 Å². The summed E-state index contributed by atoms with van der Waals surface area (Å²) in [6, 6.07) is 7.00. The van der Waals surface area contributed by atoms with Gasteiger partial charge in [0.25, 0.3) is 5.91 Å². The SMILES string of the molecule is CCCCCCc1c(C)nn(C(=O)c2ccc(NC(=O)CCC)cc2)c1C. The number of carbonyl (C=O) groups excluding carboxylic acids is 2. The summed E-state index contributed by atoms with van der Waals surface area (Å²) in [5.74, 6) is -0.148. The molecule has 146 valence electrons. The van der Waals surface area contributed by atoms with E-state index in [0.29, 0.717) is 17.7 Å². The number of aromatic nitrogens is 2. The number of hydrogen-bond acceptors (Lipinski definition) is 3. The molecule has 0 atom stereocenters. The summed E-state index contributed by atoms with van der Waals surface area (Å²) in [6.07, 6.45) is 7.06. The maximum absolute atomic E-state index is 12.9. The fraction of sp³-hybridized carbons (Fsp3) is 0.500. The maximum atomic E-state index is 12.9. The molecule has 0 aliphatic heterocycles. The van der Waals surface area contributed by atoms with Gasteiger partial charge >= 0.3 is 0 Å². The molecule has 0 saturated heterocycles. The third-order valence-corrected chi connectivity index (χ3v) is 4.81. The third-order valence-electron chi connectivity index (χ3n) is 4.81. The van der Waals surface area contributed by atoms with Crippen molar-refractivity contribution in [1.82, 2.24) is 9.78 Å². The second-order valence-electron chi connectivity index (χ2n) is 7.05. The number of aryl methyl sites for hydroxylation is 1. The monoisotopic (exact) mass is 369 g/mol. The van der Waals surface area contributed by atoms with Crippen molar-refractivity contribution in [3.63, 3.8) is 0 Å². The first-order valence-electron chi connectivity index (χ1n) is 9.97. The van der Waals surface area contributed by atoms with Crippen LogP contribution in [0.3, 0.4) is 0 Å². The molecule has 1 N–H and O–H groups in total. The van der Waals surface area contributed by atoms with Crippen molar-refractivity contribution in [2.45, 2.75) is 72.6 Å². The van der Waals surface area contributed by atoms with E-state index in [1.807, 2.05) is 20.8 Å². The minimum atomic E-state index is -0.137. The molecule has 27 heavy (non-hydrogen) atoms. The van der Waals surface area contributed by atoms with Crippen molar-refractivity contribution in [2.24, 2.45) is 0 Å². The lowest BCUT2D eigenvalue weighted by molar-refractivity contribution is -0.116. The Kier molecular flexibility index (Phi) is 7.77. The molecule has 0 fully saturated rings. The zero-order chi connectivity index (χ0) is 19.8. The topological polar surface area (TPSA) is 64.0 Å². The van der Waals surface area contributed by atoms with Crippen molar-refractivity contribution in [3.05, 3.63) is 46.8 Å². The molecule has 1 aromatic carbocycles. The Labute approximate surface area is 162 Å². The molecular weight excluding hydrogens is 338 g/mol. The molecule has 0 saturated carbocycles. The van der Waals surface area contributed by atoms with Gasteiger partial charge in [-0.15, -0.1) is 0 Å². The van der Waals surface area contributed by atoms with E-state index in [0.717, 1.165) is 30.7 Å². The van der Waals surface area contributed by atoms with E-state index < -0.39 is 0 Å². The summed E-state index contributed by atoms with van der Waals surface area (Å²) < 4.78 is 1.51. The lowest BCUT2D eigenvalue weighted by Crippen LogP contribution is -2.16. The molecular formula is C22H31N3O2. The number of amides is 1. The van der Waals surface area contributed by atoms with E-state index in [-0.39, 0.29) is 11.8 Å². The number of nitrogens with one attached hydrogen (secondary N) is 1. The molecule has 0 bridgehead atoms. The van der Waals surface area contributed by atoms with Crippen molar-refractivity contribution in [2.75, 3.05) is 5.32 Å². The number of benzene rings is 1. The molecule has 0 unspecified atom stereocenters. The predicted octanol–water partition coefficient (Wildman–Crippen LogP) is 5.05. The molecule has 2 rings (SSSR count). The van der Waals surface area contributed by atoms with Gasteiger partial charge in [0.05, 0.1) is 5.69 Å². The Bertz CT molecular complexity index is 776. The van der Waals surface area contributed by atoms with Crippen molar-refractivity contribution in [3.8, 4) is 0 Å². The first kappa shape index (κ1) is 20.9. The average Bonchev–Trinajstić information content (AvgIpc) is 2.93. The average molecular weight is 370 g/mol. The molecule has 0 aliphatic carbocycles. The lowest BCUT2D eigenvalue weighted by atomic mass is 10.0. The summed E-state index contributed by atoms with van der Waals surface area (Å²) in [5, 5.41) is 7.31. The highest BCUT2D eigenvalue weighted by Gasteiger charge is 2.17. The van der Waals surface area contributed by atoms with E-state index in [2.05, 4.69) is 17.3 Å². The van der Waals surface area contributed by atoms with Crippen molar-refractivity contribution < 1.29 is 9.59 Å². The van der Waals surface area contributed by atoms with Gasteiger partial charge < -0.3 is 5.32 Å². The summed E-state index contributed by atoms with van der Waals surface area (Å²) in [4.78, 5) is 24.5. The number of anilines is 1. The van der Waals surface area contributed by atoms with Crippen LogP contribution in [0, 0.1) is 13.8 Å². The third kappa shape index (κ3) is 5.52. The maximum Gasteiger partial charge on any atom is 0.278 e. The molecule has 1 amide bonds. The fourth-order valence-electron chi connectivity index (χ4n) is 3.23. The fourth-order valence-corrected chi connectivity index (χ4v) is 3.23. The molecule has 1 heterocycles. The number of carbonyl (C=O) groups is 2. The van der Waals surface area contributed by atoms with E-state index in [4.69, 9.17) is 0 Å². The first-order valence-corrected chi connectivity index (χ1v) is 9.97. The predicted molar refractivity (Wildman–Crippen MR) is 109 cm³/mol. The van der Waals surface area contributed by atoms with Gasteiger partial charge in [-0.05, 0) is 62.9 Å². The molecule has 5 nitrogen and oxygen atoms in total. The zero-order valence-electron chi connectivity index (χ0n) is 17.0. The van der Waals surface area contributed by atoms with E-state index in [1.54, 1.807) is 24.3 Å². The van der Waals surface area contributed by atoms with Gasteiger partial charge in [-0.2, -0.15) is 5.10 Å². The van der Waals surface area contributed by atoms with Gasteiger partial charge in [-0.3, -0.25) is 9.59 Å². The Morgan fingerprint density at radius 2 is 1.70 bits per heavy atom. The van der Waals surface area contributed by atoms with Crippen molar-refractivity contribution in [1.29, 1.82) is 0 Å². The van der Waals surface area contributed by atoms with E-state index in [9.17, 15) is 9.59 Å². The first-order chi connectivity index (χ1) is 13.0. The molecule has 5 heteroatoms. The minimum Gasteiger partial charge on any atom is -0.326 e. The van der Waals surface area contributed by atoms with Gasteiger partial charge in [-0.1, -0.05) is 33.1 Å². The number of unbranched alkanes of at least 4 members (excludes halogenated alkanes) is 3. The number of rotatable bonds is 9. The standard InChI is InChI=1S/C22H31N3O2/c1-5-7-8-9-11-20-16(3)24-25(17(20)4)22(27)18-12-14-19(15-13-18)23-21(26)10-6-2/h12-15H,5-11H2,1-4H3,(H,23,26). The molecule has 0 radical (unpaired) electrons. The zero-order valence-corrected chi connectivity index (χ0v) is 17.0. The normalized spacial score (nSPS) is 10.8. The van der Waals surface area contributed by atoms with Gasteiger partial charge in [0.1, 0.15) is 0 Å². The van der Waals surface area contributed by atoms with Gasteiger partial charge in [-0.25, -0.2) is 4.68 Å². The highest BCUT2D eigenvalue weighted by Crippen LogP contribution is 2.19. The Morgan fingerprint density at radius 3 is 2.33 bits per heavy atom. The van der Waals surface area contributed by atoms with Crippen LogP contribution in [0.25, 0.3) is 0 Å². The van der Waals surface area contributed by atoms with Crippen LogP contribution in [0.4, 0.5) is 5.69 Å². The number of nitrogens with zero attached hydrogens (tertiary/aromatic N) is 2. The van der Waals surface area contributed by atoms with Crippen LogP contribution in [0.1, 0.15) is 79.7 Å². The van der Waals surface area contributed by atoms with Crippen LogP contribution in [0.5, 0.6) is 0 Å². The summed E-state index contributed by atoms with van der Waals surface area (Å²) >= 11 is 0. The largest absolute Gasteiger partial charge is 0.326 e. The minimum absolute atomic E-state index is 0.0113. The molecule has 1 aromatic heterocycles. The smallest absolute Gasteiger partial charge is 0.278 e. The van der Waals surface area contributed by atoms with Gasteiger partial charge in [0.15, 0.2) is 0 Å². The summed E-state index contributed by atoms with van der Waals surface area (Å²) in [5.41, 5.74) is 4.31. The molecule has 2 aromatic rings. The molecule has 0 spiro atoms. The van der Waals surface area contributed by atoms with Crippen LogP contribution in [-0.2, 0) is 11.2 Å². The summed E-state index contributed by atoms with van der Waals surface area (Å²) in [6.45, 7) is 8.10. The van der Waals surface area contributed by atoms with Crippen molar-refractivity contribution >= 4 is 17.5 Å². The lowest BCUT2D eigenvalue weighted by Gasteiger charge is -2.07.